The van der Waals surface area contributed by atoms with Gasteiger partial charge in [0.1, 0.15) is 11.0 Å². The van der Waals surface area contributed by atoms with E-state index in [1.54, 1.807) is 27.7 Å². The number of rotatable bonds is 1. The molecule has 0 unspecified atom stereocenters. The average Bonchev–Trinajstić information content (AvgIpc) is 2.21. The minimum Gasteiger partial charge on any atom is -0.352 e. The predicted octanol–water partition coefficient (Wildman–Crippen LogP) is 0.273. The van der Waals surface area contributed by atoms with Gasteiger partial charge < -0.3 is 10.2 Å². The third-order valence-corrected chi connectivity index (χ3v) is 2.91. The van der Waals surface area contributed by atoms with Crippen molar-refractivity contribution < 1.29 is 9.59 Å². The molecule has 0 radical (unpaired) electrons. The lowest BCUT2D eigenvalue weighted by atomic mass is 9.89. The Labute approximate surface area is 95.4 Å². The van der Waals surface area contributed by atoms with E-state index in [1.807, 2.05) is 6.07 Å². The summed E-state index contributed by atoms with van der Waals surface area (Å²) in [4.78, 5) is 25.3. The van der Waals surface area contributed by atoms with Gasteiger partial charge >= 0.3 is 0 Å². The maximum atomic E-state index is 12.1. The molecule has 0 spiro atoms. The summed E-state index contributed by atoms with van der Waals surface area (Å²) in [6, 6.07) is 1.97. The van der Waals surface area contributed by atoms with E-state index in [9.17, 15) is 9.59 Å². The van der Waals surface area contributed by atoms with Crippen LogP contribution in [0.1, 0.15) is 27.7 Å². The van der Waals surface area contributed by atoms with Crippen LogP contribution in [0, 0.1) is 16.7 Å². The lowest BCUT2D eigenvalue weighted by Crippen LogP contribution is -2.65. The number of carbonyl (C=O) groups excluding carboxylic acids is 2. The molecule has 88 valence electrons. The van der Waals surface area contributed by atoms with Crippen LogP contribution >= 0.6 is 0 Å². The molecule has 1 heterocycles. The summed E-state index contributed by atoms with van der Waals surface area (Å²) in [6.45, 7) is 7.40. The maximum absolute atomic E-state index is 12.1. The van der Waals surface area contributed by atoms with Gasteiger partial charge in [-0.1, -0.05) is 0 Å². The average molecular weight is 223 g/mol. The first-order chi connectivity index (χ1) is 7.23. The second-order valence-electron chi connectivity index (χ2n) is 5.01. The Morgan fingerprint density at radius 1 is 1.56 bits per heavy atom. The second kappa shape index (κ2) is 3.78. The van der Waals surface area contributed by atoms with Crippen LogP contribution in [0.25, 0.3) is 0 Å². The second-order valence-corrected chi connectivity index (χ2v) is 5.01. The molecule has 1 fully saturated rings. The van der Waals surface area contributed by atoms with Crippen LogP contribution in [0.4, 0.5) is 0 Å². The molecule has 1 saturated heterocycles. The zero-order chi connectivity index (χ0) is 12.6. The molecular formula is C11H17N3O2. The van der Waals surface area contributed by atoms with Crippen LogP contribution in [0.15, 0.2) is 0 Å². The van der Waals surface area contributed by atoms with Gasteiger partial charge in [0.2, 0.25) is 11.8 Å². The number of carbonyl (C=O) groups is 2. The molecule has 5 heteroatoms. The lowest BCUT2D eigenvalue weighted by Gasteiger charge is -2.43. The van der Waals surface area contributed by atoms with Crippen LogP contribution < -0.4 is 5.32 Å². The number of nitriles is 1. The Kier molecular flexibility index (Phi) is 2.95. The fraction of sp³-hybridized carbons (Fsp3) is 0.727. The first kappa shape index (κ1) is 12.5. The Morgan fingerprint density at radius 3 is 2.62 bits per heavy atom. The molecule has 0 bridgehead atoms. The molecule has 0 atom stereocenters. The van der Waals surface area contributed by atoms with Gasteiger partial charge in [0.05, 0.1) is 6.07 Å². The Bertz CT molecular complexity index is 366. The zero-order valence-electron chi connectivity index (χ0n) is 10.1. The van der Waals surface area contributed by atoms with Crippen molar-refractivity contribution in [1.29, 1.82) is 5.26 Å². The SMILES string of the molecule is CC(C)(C#N)C(=O)N1CCNC(=O)C1(C)C. The topological polar surface area (TPSA) is 73.2 Å². The molecule has 16 heavy (non-hydrogen) atoms. The van der Waals surface area contributed by atoms with E-state index in [0.717, 1.165) is 0 Å². The van der Waals surface area contributed by atoms with E-state index in [1.165, 1.54) is 4.90 Å². The molecule has 1 aliphatic rings. The number of hydrogen-bond donors (Lipinski definition) is 1. The standard InChI is InChI=1S/C11H17N3O2/c1-10(2,7-12)9(16)14-6-5-13-8(15)11(14,3)4/h5-6H2,1-4H3,(H,13,15). The van der Waals surface area contributed by atoms with Crippen molar-refractivity contribution in [3.05, 3.63) is 0 Å². The Hall–Kier alpha value is -1.57. The van der Waals surface area contributed by atoms with Gasteiger partial charge in [0, 0.05) is 13.1 Å². The highest BCUT2D eigenvalue weighted by Gasteiger charge is 2.44. The number of nitrogens with one attached hydrogen (secondary N) is 1. The van der Waals surface area contributed by atoms with E-state index in [2.05, 4.69) is 5.32 Å². The van der Waals surface area contributed by atoms with Gasteiger partial charge in [-0.2, -0.15) is 5.26 Å². The third-order valence-electron chi connectivity index (χ3n) is 2.91. The minimum absolute atomic E-state index is 0.180. The molecule has 0 saturated carbocycles. The fourth-order valence-corrected chi connectivity index (χ4v) is 1.64. The van der Waals surface area contributed by atoms with Crippen LogP contribution in [0.5, 0.6) is 0 Å². The predicted molar refractivity (Wildman–Crippen MR) is 58.2 cm³/mol. The van der Waals surface area contributed by atoms with E-state index in [4.69, 9.17) is 5.26 Å². The Balaban J connectivity index is 3.01. The summed E-state index contributed by atoms with van der Waals surface area (Å²) in [5.74, 6) is -0.476. The van der Waals surface area contributed by atoms with E-state index < -0.39 is 11.0 Å². The van der Waals surface area contributed by atoms with E-state index in [0.29, 0.717) is 13.1 Å². The fourth-order valence-electron chi connectivity index (χ4n) is 1.64. The molecule has 2 amide bonds. The molecule has 1 rings (SSSR count). The zero-order valence-corrected chi connectivity index (χ0v) is 10.1. The largest absolute Gasteiger partial charge is 0.352 e. The monoisotopic (exact) mass is 223 g/mol. The number of amides is 2. The highest BCUT2D eigenvalue weighted by atomic mass is 16.2. The molecular weight excluding hydrogens is 206 g/mol. The summed E-state index contributed by atoms with van der Waals surface area (Å²) in [5.41, 5.74) is -1.97. The molecule has 0 aromatic carbocycles. The summed E-state index contributed by atoms with van der Waals surface area (Å²) >= 11 is 0. The molecule has 1 N–H and O–H groups in total. The van der Waals surface area contributed by atoms with Crippen molar-refractivity contribution in [2.45, 2.75) is 33.2 Å². The smallest absolute Gasteiger partial charge is 0.245 e. The van der Waals surface area contributed by atoms with E-state index in [-0.39, 0.29) is 11.8 Å². The minimum atomic E-state index is -1.09. The first-order valence-electron chi connectivity index (χ1n) is 5.25. The van der Waals surface area contributed by atoms with Crippen molar-refractivity contribution >= 4 is 11.8 Å². The highest BCUT2D eigenvalue weighted by Crippen LogP contribution is 2.25. The number of hydrogen-bond acceptors (Lipinski definition) is 3. The summed E-state index contributed by atoms with van der Waals surface area (Å²) in [7, 11) is 0. The summed E-state index contributed by atoms with van der Waals surface area (Å²) < 4.78 is 0. The van der Waals surface area contributed by atoms with Crippen molar-refractivity contribution in [2.24, 2.45) is 5.41 Å². The van der Waals surface area contributed by atoms with Crippen molar-refractivity contribution in [2.75, 3.05) is 13.1 Å². The number of piperazine rings is 1. The molecule has 5 nitrogen and oxygen atoms in total. The van der Waals surface area contributed by atoms with Crippen molar-refractivity contribution in [1.82, 2.24) is 10.2 Å². The van der Waals surface area contributed by atoms with Gasteiger partial charge in [0.25, 0.3) is 0 Å². The molecule has 0 aromatic rings. The Morgan fingerprint density at radius 2 is 2.12 bits per heavy atom. The van der Waals surface area contributed by atoms with Gasteiger partial charge in [0.15, 0.2) is 0 Å². The summed E-state index contributed by atoms with van der Waals surface area (Å²) in [6.07, 6.45) is 0. The van der Waals surface area contributed by atoms with Crippen LogP contribution in [0.3, 0.4) is 0 Å². The number of nitrogens with zero attached hydrogens (tertiary/aromatic N) is 2. The molecule has 0 aliphatic carbocycles. The van der Waals surface area contributed by atoms with Crippen molar-refractivity contribution in [3.8, 4) is 6.07 Å². The van der Waals surface area contributed by atoms with Crippen LogP contribution in [0.2, 0.25) is 0 Å². The maximum Gasteiger partial charge on any atom is 0.245 e. The molecule has 0 aromatic heterocycles. The summed E-state index contributed by atoms with van der Waals surface area (Å²) in [5, 5.41) is 11.6. The van der Waals surface area contributed by atoms with Crippen LogP contribution in [-0.4, -0.2) is 35.3 Å². The van der Waals surface area contributed by atoms with Gasteiger partial charge in [-0.25, -0.2) is 0 Å². The lowest BCUT2D eigenvalue weighted by molar-refractivity contribution is -0.153. The first-order valence-corrected chi connectivity index (χ1v) is 5.25. The van der Waals surface area contributed by atoms with Gasteiger partial charge in [-0.3, -0.25) is 9.59 Å². The van der Waals surface area contributed by atoms with Crippen molar-refractivity contribution in [3.63, 3.8) is 0 Å². The quantitative estimate of drug-likeness (QED) is 0.693. The third kappa shape index (κ3) is 1.87. The van der Waals surface area contributed by atoms with E-state index >= 15 is 0 Å². The van der Waals surface area contributed by atoms with Gasteiger partial charge in [-0.05, 0) is 27.7 Å². The van der Waals surface area contributed by atoms with Gasteiger partial charge in [-0.15, -0.1) is 0 Å². The molecule has 1 aliphatic heterocycles. The normalized spacial score (nSPS) is 19.9. The van der Waals surface area contributed by atoms with Crippen LogP contribution in [-0.2, 0) is 9.59 Å². The highest BCUT2D eigenvalue weighted by molar-refractivity contribution is 5.94.